The van der Waals surface area contributed by atoms with Crippen molar-refractivity contribution in [3.8, 4) is 5.75 Å². The monoisotopic (exact) mass is 237 g/mol. The Kier molecular flexibility index (Phi) is 3.38. The minimum absolute atomic E-state index is 0.287. The fourth-order valence-electron chi connectivity index (χ4n) is 1.89. The van der Waals surface area contributed by atoms with E-state index < -0.39 is 5.54 Å². The van der Waals surface area contributed by atoms with E-state index in [9.17, 15) is 4.39 Å². The predicted molar refractivity (Wildman–Crippen MR) is 66.4 cm³/mol. The molecule has 94 valence electrons. The Balaban J connectivity index is 2.08. The van der Waals surface area contributed by atoms with Crippen molar-refractivity contribution in [3.63, 3.8) is 0 Å². The number of benzene rings is 1. The van der Waals surface area contributed by atoms with Gasteiger partial charge in [-0.1, -0.05) is 6.42 Å². The Morgan fingerprint density at radius 3 is 2.59 bits per heavy atom. The average molecular weight is 237 g/mol. The second-order valence-electron chi connectivity index (χ2n) is 5.51. The van der Waals surface area contributed by atoms with Crippen LogP contribution in [-0.2, 0) is 5.54 Å². The van der Waals surface area contributed by atoms with Crippen molar-refractivity contribution in [1.82, 2.24) is 0 Å². The highest BCUT2D eigenvalue weighted by atomic mass is 19.1. The van der Waals surface area contributed by atoms with Gasteiger partial charge in [0.25, 0.3) is 0 Å². The van der Waals surface area contributed by atoms with Crippen LogP contribution < -0.4 is 10.5 Å². The quantitative estimate of drug-likeness (QED) is 0.872. The molecule has 2 N–H and O–H groups in total. The van der Waals surface area contributed by atoms with Gasteiger partial charge < -0.3 is 10.5 Å². The highest BCUT2D eigenvalue weighted by molar-refractivity contribution is 5.33. The van der Waals surface area contributed by atoms with Gasteiger partial charge in [-0.05, 0) is 50.3 Å². The summed E-state index contributed by atoms with van der Waals surface area (Å²) < 4.78 is 19.1. The van der Waals surface area contributed by atoms with Gasteiger partial charge in [0.05, 0.1) is 6.61 Å². The Labute approximate surface area is 102 Å². The van der Waals surface area contributed by atoms with Crippen LogP contribution in [0.2, 0.25) is 0 Å². The first-order valence-corrected chi connectivity index (χ1v) is 6.18. The molecule has 0 saturated heterocycles. The van der Waals surface area contributed by atoms with Gasteiger partial charge in [0.15, 0.2) is 0 Å². The van der Waals surface area contributed by atoms with Crippen molar-refractivity contribution in [3.05, 3.63) is 29.6 Å². The molecule has 0 bridgehead atoms. The van der Waals surface area contributed by atoms with Crippen molar-refractivity contribution in [1.29, 1.82) is 0 Å². The average Bonchev–Trinajstić information content (AvgIpc) is 2.13. The van der Waals surface area contributed by atoms with Gasteiger partial charge >= 0.3 is 0 Å². The first-order valence-electron chi connectivity index (χ1n) is 6.18. The SMILES string of the molecule is CC(C)(N)c1cc(F)cc(OCC2CCC2)c1. The van der Waals surface area contributed by atoms with E-state index in [4.69, 9.17) is 10.5 Å². The normalized spacial score (nSPS) is 16.7. The lowest BCUT2D eigenvalue weighted by Gasteiger charge is -2.26. The third-order valence-corrected chi connectivity index (χ3v) is 3.33. The van der Waals surface area contributed by atoms with Gasteiger partial charge in [-0.2, -0.15) is 0 Å². The molecule has 1 aliphatic rings. The molecule has 1 saturated carbocycles. The Hall–Kier alpha value is -1.09. The molecule has 1 aromatic rings. The summed E-state index contributed by atoms with van der Waals surface area (Å²) in [6.07, 6.45) is 3.74. The lowest BCUT2D eigenvalue weighted by Crippen LogP contribution is -2.28. The van der Waals surface area contributed by atoms with Gasteiger partial charge in [0.1, 0.15) is 11.6 Å². The molecule has 1 aliphatic carbocycles. The second-order valence-corrected chi connectivity index (χ2v) is 5.51. The molecule has 0 aliphatic heterocycles. The van der Waals surface area contributed by atoms with Gasteiger partial charge in [-0.25, -0.2) is 4.39 Å². The summed E-state index contributed by atoms with van der Waals surface area (Å²) in [5.41, 5.74) is 6.19. The number of ether oxygens (including phenoxy) is 1. The van der Waals surface area contributed by atoms with Crippen LogP contribution in [0.3, 0.4) is 0 Å². The van der Waals surface area contributed by atoms with E-state index in [0.29, 0.717) is 18.3 Å². The van der Waals surface area contributed by atoms with Crippen LogP contribution >= 0.6 is 0 Å². The molecule has 0 radical (unpaired) electrons. The number of nitrogens with two attached hydrogens (primary N) is 1. The van der Waals surface area contributed by atoms with E-state index in [0.717, 1.165) is 5.56 Å². The fraction of sp³-hybridized carbons (Fsp3) is 0.571. The zero-order valence-corrected chi connectivity index (χ0v) is 10.5. The lowest BCUT2D eigenvalue weighted by molar-refractivity contribution is 0.180. The minimum atomic E-state index is -0.545. The molecule has 2 rings (SSSR count). The largest absolute Gasteiger partial charge is 0.493 e. The van der Waals surface area contributed by atoms with Crippen LogP contribution in [0.15, 0.2) is 18.2 Å². The third kappa shape index (κ3) is 3.19. The van der Waals surface area contributed by atoms with E-state index in [1.54, 1.807) is 0 Å². The van der Waals surface area contributed by atoms with Crippen molar-refractivity contribution in [2.75, 3.05) is 6.61 Å². The molecule has 0 heterocycles. The molecular formula is C14H20FNO. The van der Waals surface area contributed by atoms with Crippen LogP contribution in [-0.4, -0.2) is 6.61 Å². The summed E-state index contributed by atoms with van der Waals surface area (Å²) >= 11 is 0. The summed E-state index contributed by atoms with van der Waals surface area (Å²) in [6, 6.07) is 4.73. The van der Waals surface area contributed by atoms with Gasteiger partial charge in [0.2, 0.25) is 0 Å². The number of rotatable bonds is 4. The van der Waals surface area contributed by atoms with E-state index in [-0.39, 0.29) is 5.82 Å². The molecule has 0 spiro atoms. The molecule has 0 unspecified atom stereocenters. The van der Waals surface area contributed by atoms with Crippen molar-refractivity contribution >= 4 is 0 Å². The van der Waals surface area contributed by atoms with Gasteiger partial charge in [0, 0.05) is 11.6 Å². The summed E-state index contributed by atoms with van der Waals surface area (Å²) in [4.78, 5) is 0. The first kappa shape index (κ1) is 12.4. The zero-order chi connectivity index (χ0) is 12.5. The molecule has 3 heteroatoms. The third-order valence-electron chi connectivity index (χ3n) is 3.33. The van der Waals surface area contributed by atoms with Crippen LogP contribution in [0.1, 0.15) is 38.7 Å². The minimum Gasteiger partial charge on any atom is -0.493 e. The zero-order valence-electron chi connectivity index (χ0n) is 10.5. The van der Waals surface area contributed by atoms with Crippen molar-refractivity contribution < 1.29 is 9.13 Å². The molecule has 17 heavy (non-hydrogen) atoms. The predicted octanol–water partition coefficient (Wildman–Crippen LogP) is 3.20. The second kappa shape index (κ2) is 4.65. The van der Waals surface area contributed by atoms with Crippen molar-refractivity contribution in [2.45, 2.75) is 38.6 Å². The summed E-state index contributed by atoms with van der Waals surface area (Å²) in [7, 11) is 0. The summed E-state index contributed by atoms with van der Waals surface area (Å²) in [6.45, 7) is 4.41. The van der Waals surface area contributed by atoms with Gasteiger partial charge in [-0.15, -0.1) is 0 Å². The van der Waals surface area contributed by atoms with Crippen molar-refractivity contribution in [2.24, 2.45) is 11.7 Å². The van der Waals surface area contributed by atoms with E-state index >= 15 is 0 Å². The van der Waals surface area contributed by atoms with Crippen LogP contribution in [0.5, 0.6) is 5.75 Å². The molecule has 1 aromatic carbocycles. The number of hydrogen-bond donors (Lipinski definition) is 1. The first-order chi connectivity index (χ1) is 7.95. The maximum Gasteiger partial charge on any atom is 0.127 e. The van der Waals surface area contributed by atoms with E-state index in [1.807, 2.05) is 19.9 Å². The maximum absolute atomic E-state index is 13.4. The van der Waals surface area contributed by atoms with E-state index in [2.05, 4.69) is 0 Å². The highest BCUT2D eigenvalue weighted by Crippen LogP contribution is 2.28. The molecular weight excluding hydrogens is 217 g/mol. The number of halogens is 1. The van der Waals surface area contributed by atoms with Crippen LogP contribution in [0, 0.1) is 11.7 Å². The molecule has 1 fully saturated rings. The topological polar surface area (TPSA) is 35.2 Å². The van der Waals surface area contributed by atoms with E-state index in [1.165, 1.54) is 31.4 Å². The Morgan fingerprint density at radius 2 is 2.06 bits per heavy atom. The summed E-state index contributed by atoms with van der Waals surface area (Å²) in [5, 5.41) is 0. The fourth-order valence-corrected chi connectivity index (χ4v) is 1.89. The van der Waals surface area contributed by atoms with Crippen LogP contribution in [0.4, 0.5) is 4.39 Å². The number of hydrogen-bond acceptors (Lipinski definition) is 2. The highest BCUT2D eigenvalue weighted by Gasteiger charge is 2.19. The molecule has 0 atom stereocenters. The summed E-state index contributed by atoms with van der Waals surface area (Å²) in [5.74, 6) is 0.947. The Bertz CT molecular complexity index is 394. The molecule has 2 nitrogen and oxygen atoms in total. The van der Waals surface area contributed by atoms with Crippen LogP contribution in [0.25, 0.3) is 0 Å². The maximum atomic E-state index is 13.4. The Morgan fingerprint density at radius 1 is 1.35 bits per heavy atom. The van der Waals surface area contributed by atoms with Gasteiger partial charge in [-0.3, -0.25) is 0 Å². The lowest BCUT2D eigenvalue weighted by atomic mass is 9.86. The smallest absolute Gasteiger partial charge is 0.127 e. The standard InChI is InChI=1S/C14H20FNO/c1-14(2,16)11-6-12(15)8-13(7-11)17-9-10-4-3-5-10/h6-8,10H,3-5,9,16H2,1-2H3. The molecule has 0 aromatic heterocycles. The molecule has 0 amide bonds.